The molecule has 3 N–H and O–H groups in total. The van der Waals surface area contributed by atoms with Gasteiger partial charge in [-0.25, -0.2) is 4.79 Å². The summed E-state index contributed by atoms with van der Waals surface area (Å²) in [6.45, 7) is 0.162. The minimum absolute atomic E-state index is 0.144. The predicted molar refractivity (Wildman–Crippen MR) is 113 cm³/mol. The lowest BCUT2D eigenvalue weighted by Gasteiger charge is -2.12. The van der Waals surface area contributed by atoms with Crippen molar-refractivity contribution in [3.63, 3.8) is 0 Å². The van der Waals surface area contributed by atoms with Crippen LogP contribution in [0.1, 0.15) is 23.4 Å². The van der Waals surface area contributed by atoms with Gasteiger partial charge in [-0.05, 0) is 17.5 Å². The van der Waals surface area contributed by atoms with E-state index < -0.39 is 23.9 Å². The Kier molecular flexibility index (Phi) is 6.02. The van der Waals surface area contributed by atoms with Crippen LogP contribution < -0.4 is 10.6 Å². The van der Waals surface area contributed by atoms with Crippen LogP contribution in [0.25, 0.3) is 0 Å². The molecule has 0 bridgehead atoms. The fourth-order valence-corrected chi connectivity index (χ4v) is 3.36. The lowest BCUT2D eigenvalue weighted by molar-refractivity contribution is -0.130. The van der Waals surface area contributed by atoms with Gasteiger partial charge < -0.3 is 5.32 Å². The maximum atomic E-state index is 12.6. The summed E-state index contributed by atoms with van der Waals surface area (Å²) in [6.07, 6.45) is 1.26. The van der Waals surface area contributed by atoms with Crippen molar-refractivity contribution in [2.75, 3.05) is 5.32 Å². The number of urea groups is 1. The molecule has 2 aromatic carbocycles. The van der Waals surface area contributed by atoms with E-state index in [4.69, 9.17) is 0 Å². The van der Waals surface area contributed by atoms with Gasteiger partial charge in [0.05, 0.1) is 13.0 Å². The first-order valence-electron chi connectivity index (χ1n) is 9.99. The molecule has 1 aliphatic heterocycles. The number of rotatable bonds is 8. The molecule has 0 saturated carbocycles. The highest BCUT2D eigenvalue weighted by Crippen LogP contribution is 2.14. The topological polar surface area (TPSA) is 120 Å². The van der Waals surface area contributed by atoms with E-state index in [2.05, 4.69) is 25.8 Å². The molecule has 1 fully saturated rings. The standard InChI is InChI=1S/C22H22N6O3/c29-19(25-21-24-18(26-27-21)12-11-15-7-3-1-4-8-15)13-17-20(30)28(22(31)23-17)14-16-9-5-2-6-10-16/h1-10,17H,11-14H2,(H,23,31)(H2,24,25,26,27,29). The van der Waals surface area contributed by atoms with Gasteiger partial charge in [-0.3, -0.25) is 24.9 Å². The molecule has 4 amide bonds. The van der Waals surface area contributed by atoms with Crippen LogP contribution in [-0.2, 0) is 29.0 Å². The fourth-order valence-electron chi connectivity index (χ4n) is 3.36. The van der Waals surface area contributed by atoms with E-state index in [0.717, 1.165) is 16.9 Å². The molecule has 0 radical (unpaired) electrons. The third kappa shape index (κ3) is 5.13. The molecule has 9 nitrogen and oxygen atoms in total. The van der Waals surface area contributed by atoms with Gasteiger partial charge in [0.15, 0.2) is 0 Å². The second-order valence-corrected chi connectivity index (χ2v) is 7.26. The summed E-state index contributed by atoms with van der Waals surface area (Å²) in [4.78, 5) is 42.4. The van der Waals surface area contributed by atoms with E-state index in [1.165, 1.54) is 5.56 Å². The molecule has 4 rings (SSSR count). The van der Waals surface area contributed by atoms with Crippen molar-refractivity contribution in [2.24, 2.45) is 0 Å². The molecule has 0 aliphatic carbocycles. The van der Waals surface area contributed by atoms with Crippen molar-refractivity contribution in [1.82, 2.24) is 25.4 Å². The molecular weight excluding hydrogens is 396 g/mol. The Morgan fingerprint density at radius 2 is 1.65 bits per heavy atom. The number of anilines is 1. The maximum Gasteiger partial charge on any atom is 0.325 e. The highest BCUT2D eigenvalue weighted by atomic mass is 16.2. The minimum atomic E-state index is -0.910. The van der Waals surface area contributed by atoms with Gasteiger partial charge >= 0.3 is 6.03 Å². The van der Waals surface area contributed by atoms with Crippen LogP contribution in [0.2, 0.25) is 0 Å². The summed E-state index contributed by atoms with van der Waals surface area (Å²) < 4.78 is 0. The molecule has 1 saturated heterocycles. The van der Waals surface area contributed by atoms with Gasteiger partial charge in [-0.2, -0.15) is 4.98 Å². The number of nitrogens with one attached hydrogen (secondary N) is 3. The van der Waals surface area contributed by atoms with Gasteiger partial charge in [0.2, 0.25) is 11.9 Å². The summed E-state index contributed by atoms with van der Waals surface area (Å²) in [5.41, 5.74) is 2.01. The van der Waals surface area contributed by atoms with Gasteiger partial charge in [0.25, 0.3) is 5.91 Å². The Morgan fingerprint density at radius 1 is 0.968 bits per heavy atom. The quantitative estimate of drug-likeness (QED) is 0.484. The molecule has 158 valence electrons. The number of carbonyl (C=O) groups is 3. The van der Waals surface area contributed by atoms with Crippen LogP contribution in [0.15, 0.2) is 60.7 Å². The van der Waals surface area contributed by atoms with Crippen LogP contribution in [0, 0.1) is 0 Å². The highest BCUT2D eigenvalue weighted by Gasteiger charge is 2.39. The molecule has 2 heterocycles. The Morgan fingerprint density at radius 3 is 2.35 bits per heavy atom. The fraction of sp³-hybridized carbons (Fsp3) is 0.227. The first kappa shape index (κ1) is 20.3. The van der Waals surface area contributed by atoms with Gasteiger partial charge in [-0.1, -0.05) is 60.7 Å². The molecule has 1 aromatic heterocycles. The number of benzene rings is 2. The molecule has 3 aromatic rings. The number of carbonyl (C=O) groups excluding carboxylic acids is 3. The SMILES string of the molecule is O=C(CC1NC(=O)N(Cc2ccccc2)C1=O)Nc1n[nH]c(CCc2ccccc2)n1. The summed E-state index contributed by atoms with van der Waals surface area (Å²) in [6, 6.07) is 17.8. The molecule has 1 atom stereocenters. The zero-order chi connectivity index (χ0) is 21.6. The van der Waals surface area contributed by atoms with E-state index in [-0.39, 0.29) is 18.9 Å². The monoisotopic (exact) mass is 418 g/mol. The first-order chi connectivity index (χ1) is 15.1. The summed E-state index contributed by atoms with van der Waals surface area (Å²) >= 11 is 0. The first-order valence-corrected chi connectivity index (χ1v) is 9.99. The largest absolute Gasteiger partial charge is 0.325 e. The van der Waals surface area contributed by atoms with Crippen molar-refractivity contribution >= 4 is 23.8 Å². The number of imide groups is 1. The lowest BCUT2D eigenvalue weighted by Crippen LogP contribution is -2.34. The van der Waals surface area contributed by atoms with E-state index in [1.54, 1.807) is 0 Å². The van der Waals surface area contributed by atoms with Gasteiger partial charge in [0, 0.05) is 6.42 Å². The van der Waals surface area contributed by atoms with Crippen molar-refractivity contribution in [2.45, 2.75) is 31.8 Å². The smallest absolute Gasteiger partial charge is 0.325 e. The van der Waals surface area contributed by atoms with Crippen molar-refractivity contribution in [3.05, 3.63) is 77.6 Å². The maximum absolute atomic E-state index is 12.6. The Bertz CT molecular complexity index is 1070. The van der Waals surface area contributed by atoms with Crippen LogP contribution in [0.4, 0.5) is 10.7 Å². The molecule has 1 unspecified atom stereocenters. The average Bonchev–Trinajstić information content (AvgIpc) is 3.33. The van der Waals surface area contributed by atoms with Gasteiger partial charge in [0.1, 0.15) is 11.9 Å². The molecule has 1 aliphatic rings. The number of aryl methyl sites for hydroxylation is 2. The zero-order valence-corrected chi connectivity index (χ0v) is 16.7. The van der Waals surface area contributed by atoms with Crippen LogP contribution in [-0.4, -0.2) is 44.0 Å². The molecule has 0 spiro atoms. The summed E-state index contributed by atoms with van der Waals surface area (Å²) in [5.74, 6) is -0.0826. The van der Waals surface area contributed by atoms with Crippen LogP contribution in [0.5, 0.6) is 0 Å². The van der Waals surface area contributed by atoms with Crippen molar-refractivity contribution in [1.29, 1.82) is 0 Å². The number of aromatic nitrogens is 3. The lowest BCUT2D eigenvalue weighted by atomic mass is 10.1. The second kappa shape index (κ2) is 9.21. The molecule has 31 heavy (non-hydrogen) atoms. The second-order valence-electron chi connectivity index (χ2n) is 7.26. The molecular formula is C22H22N6O3. The number of hydrogen-bond donors (Lipinski definition) is 3. The highest BCUT2D eigenvalue weighted by molar-refractivity contribution is 6.06. The van der Waals surface area contributed by atoms with E-state index in [0.29, 0.717) is 12.2 Å². The number of H-pyrrole nitrogens is 1. The minimum Gasteiger partial charge on any atom is -0.325 e. The van der Waals surface area contributed by atoms with Crippen molar-refractivity contribution in [3.8, 4) is 0 Å². The third-order valence-corrected chi connectivity index (χ3v) is 4.96. The number of amides is 4. The average molecular weight is 418 g/mol. The third-order valence-electron chi connectivity index (χ3n) is 4.96. The predicted octanol–water partition coefficient (Wildman–Crippen LogP) is 2.04. The number of aromatic amines is 1. The van der Waals surface area contributed by atoms with E-state index >= 15 is 0 Å². The van der Waals surface area contributed by atoms with Crippen LogP contribution >= 0.6 is 0 Å². The summed E-state index contributed by atoms with van der Waals surface area (Å²) in [7, 11) is 0. The Balaban J connectivity index is 1.28. The van der Waals surface area contributed by atoms with Gasteiger partial charge in [-0.15, -0.1) is 5.10 Å². The van der Waals surface area contributed by atoms with Crippen LogP contribution in [0.3, 0.4) is 0 Å². The molecule has 9 heteroatoms. The Labute approximate surface area is 178 Å². The zero-order valence-electron chi connectivity index (χ0n) is 16.7. The summed E-state index contributed by atoms with van der Waals surface area (Å²) in [5, 5.41) is 11.9. The number of nitrogens with zero attached hydrogens (tertiary/aromatic N) is 3. The van der Waals surface area contributed by atoms with Crippen molar-refractivity contribution < 1.29 is 14.4 Å². The number of hydrogen-bond acceptors (Lipinski definition) is 5. The normalized spacial score (nSPS) is 15.7. The van der Waals surface area contributed by atoms with E-state index in [9.17, 15) is 14.4 Å². The van der Waals surface area contributed by atoms with E-state index in [1.807, 2.05) is 60.7 Å². The Hall–Kier alpha value is -4.01.